The summed E-state index contributed by atoms with van der Waals surface area (Å²) in [7, 11) is 0. The van der Waals surface area contributed by atoms with Crippen molar-refractivity contribution in [3.63, 3.8) is 0 Å². The van der Waals surface area contributed by atoms with E-state index in [0.29, 0.717) is 12.3 Å². The van der Waals surface area contributed by atoms with E-state index in [4.69, 9.17) is 4.42 Å². The van der Waals surface area contributed by atoms with Crippen LogP contribution < -0.4 is 10.6 Å². The van der Waals surface area contributed by atoms with Gasteiger partial charge in [0.2, 0.25) is 0 Å². The zero-order chi connectivity index (χ0) is 9.68. The Balaban J connectivity index is 2.36. The van der Waals surface area contributed by atoms with Gasteiger partial charge in [-0.15, -0.1) is 0 Å². The molecule has 5 nitrogen and oxygen atoms in total. The molecule has 0 aliphatic rings. The monoisotopic (exact) mass is 183 g/mol. The number of urea groups is 1. The number of carbonyl (C=O) groups is 1. The maximum atomic E-state index is 11.1. The molecule has 0 bridgehead atoms. The quantitative estimate of drug-likeness (QED) is 0.746. The number of aryl methyl sites for hydroxylation is 1. The lowest BCUT2D eigenvalue weighted by Crippen LogP contribution is -2.29. The van der Waals surface area contributed by atoms with Crippen LogP contribution in [0.25, 0.3) is 0 Å². The molecular weight excluding hydrogens is 170 g/mol. The molecule has 72 valence electrons. The van der Waals surface area contributed by atoms with Crippen molar-refractivity contribution in [3.05, 3.63) is 12.0 Å². The molecule has 1 heterocycles. The Morgan fingerprint density at radius 2 is 2.46 bits per heavy atom. The molecule has 0 fully saturated rings. The Morgan fingerprint density at radius 3 is 3.00 bits per heavy atom. The highest BCUT2D eigenvalue weighted by atomic mass is 16.4. The van der Waals surface area contributed by atoms with Gasteiger partial charge in [-0.05, 0) is 13.3 Å². The number of oxazole rings is 1. The molecule has 0 saturated carbocycles. The zero-order valence-electron chi connectivity index (χ0n) is 7.76. The molecule has 0 spiro atoms. The summed E-state index contributed by atoms with van der Waals surface area (Å²) in [5.74, 6) is 0.672. The average molecular weight is 183 g/mol. The third kappa shape index (κ3) is 3.14. The van der Waals surface area contributed by atoms with Crippen molar-refractivity contribution in [1.82, 2.24) is 10.3 Å². The molecule has 0 unspecified atom stereocenters. The van der Waals surface area contributed by atoms with Crippen LogP contribution in [0.2, 0.25) is 0 Å². The van der Waals surface area contributed by atoms with Gasteiger partial charge in [0.25, 0.3) is 0 Å². The number of amides is 2. The fourth-order valence-electron chi connectivity index (χ4n) is 0.792. The Labute approximate surface area is 76.5 Å². The smallest absolute Gasteiger partial charge is 0.322 e. The molecule has 0 aliphatic carbocycles. The van der Waals surface area contributed by atoms with E-state index in [1.165, 1.54) is 0 Å². The van der Waals surface area contributed by atoms with E-state index in [0.717, 1.165) is 6.42 Å². The summed E-state index contributed by atoms with van der Waals surface area (Å²) in [6, 6.07) is -0.0604. The van der Waals surface area contributed by atoms with Crippen molar-refractivity contribution in [2.45, 2.75) is 20.3 Å². The summed E-state index contributed by atoms with van der Waals surface area (Å²) < 4.78 is 5.05. The summed E-state index contributed by atoms with van der Waals surface area (Å²) in [6.07, 6.45) is 2.45. The highest BCUT2D eigenvalue weighted by Crippen LogP contribution is 2.05. The van der Waals surface area contributed by atoms with Gasteiger partial charge >= 0.3 is 12.0 Å². The number of carbonyl (C=O) groups excluding carboxylic acids is 1. The van der Waals surface area contributed by atoms with E-state index < -0.39 is 0 Å². The van der Waals surface area contributed by atoms with Crippen LogP contribution in [-0.4, -0.2) is 17.6 Å². The number of hydrogen-bond donors (Lipinski definition) is 2. The first kappa shape index (κ1) is 9.57. The second kappa shape index (κ2) is 4.49. The molecular formula is C8H13N3O2. The summed E-state index contributed by atoms with van der Waals surface area (Å²) in [6.45, 7) is 4.39. The second-order valence-corrected chi connectivity index (χ2v) is 2.66. The van der Waals surface area contributed by atoms with Crippen LogP contribution in [-0.2, 0) is 0 Å². The maximum Gasteiger partial charge on any atom is 0.322 e. The summed E-state index contributed by atoms with van der Waals surface area (Å²) in [5.41, 5.74) is 0. The fourth-order valence-corrected chi connectivity index (χ4v) is 0.792. The van der Waals surface area contributed by atoms with Gasteiger partial charge in [0.05, 0.1) is 6.20 Å². The largest absolute Gasteiger partial charge is 0.429 e. The van der Waals surface area contributed by atoms with Gasteiger partial charge in [-0.25, -0.2) is 9.78 Å². The summed E-state index contributed by atoms with van der Waals surface area (Å²) in [4.78, 5) is 14.9. The standard InChI is InChI=1S/C8H13N3O2/c1-3-4-9-7(12)11-8-10-5-6(2)13-8/h5H,3-4H2,1-2H3,(H2,9,10,11,12). The predicted octanol–water partition coefficient (Wildman–Crippen LogP) is 1.51. The van der Waals surface area contributed by atoms with Crippen LogP contribution in [0, 0.1) is 6.92 Å². The molecule has 5 heteroatoms. The van der Waals surface area contributed by atoms with Crippen molar-refractivity contribution < 1.29 is 9.21 Å². The molecule has 1 rings (SSSR count). The first-order valence-electron chi connectivity index (χ1n) is 4.19. The Morgan fingerprint density at radius 1 is 1.69 bits per heavy atom. The van der Waals surface area contributed by atoms with Crippen LogP contribution in [0.15, 0.2) is 10.6 Å². The summed E-state index contributed by atoms with van der Waals surface area (Å²) in [5, 5.41) is 5.11. The molecule has 0 radical (unpaired) electrons. The van der Waals surface area contributed by atoms with Crippen molar-refractivity contribution in [1.29, 1.82) is 0 Å². The van der Waals surface area contributed by atoms with E-state index in [2.05, 4.69) is 15.6 Å². The number of rotatable bonds is 3. The lowest BCUT2D eigenvalue weighted by Gasteiger charge is -2.01. The van der Waals surface area contributed by atoms with Crippen LogP contribution in [0.3, 0.4) is 0 Å². The van der Waals surface area contributed by atoms with Gasteiger partial charge < -0.3 is 9.73 Å². The molecule has 1 aromatic heterocycles. The molecule has 0 aromatic carbocycles. The van der Waals surface area contributed by atoms with E-state index in [1.807, 2.05) is 6.92 Å². The highest BCUT2D eigenvalue weighted by Gasteiger charge is 2.04. The minimum atomic E-state index is -0.288. The Hall–Kier alpha value is -1.52. The van der Waals surface area contributed by atoms with Crippen LogP contribution in [0.1, 0.15) is 19.1 Å². The summed E-state index contributed by atoms with van der Waals surface area (Å²) >= 11 is 0. The normalized spacial score (nSPS) is 9.69. The predicted molar refractivity (Wildman–Crippen MR) is 48.6 cm³/mol. The van der Waals surface area contributed by atoms with Gasteiger partial charge in [-0.1, -0.05) is 6.92 Å². The Kier molecular flexibility index (Phi) is 3.31. The van der Waals surface area contributed by atoms with Gasteiger partial charge in [0.15, 0.2) is 0 Å². The number of nitrogens with zero attached hydrogens (tertiary/aromatic N) is 1. The maximum absolute atomic E-state index is 11.1. The molecule has 13 heavy (non-hydrogen) atoms. The number of anilines is 1. The Bertz CT molecular complexity index is 283. The van der Waals surface area contributed by atoms with E-state index in [-0.39, 0.29) is 12.0 Å². The lowest BCUT2D eigenvalue weighted by atomic mass is 10.5. The third-order valence-electron chi connectivity index (χ3n) is 1.38. The average Bonchev–Trinajstić information content (AvgIpc) is 2.48. The fraction of sp³-hybridized carbons (Fsp3) is 0.500. The SMILES string of the molecule is CCCNC(=O)Nc1ncc(C)o1. The first-order valence-corrected chi connectivity index (χ1v) is 4.19. The molecule has 2 amide bonds. The van der Waals surface area contributed by atoms with Crippen LogP contribution in [0.4, 0.5) is 10.8 Å². The minimum absolute atomic E-state index is 0.228. The second-order valence-electron chi connectivity index (χ2n) is 2.66. The van der Waals surface area contributed by atoms with Gasteiger partial charge in [-0.2, -0.15) is 0 Å². The highest BCUT2D eigenvalue weighted by molar-refractivity contribution is 5.86. The topological polar surface area (TPSA) is 67.2 Å². The third-order valence-corrected chi connectivity index (χ3v) is 1.38. The number of aromatic nitrogens is 1. The van der Waals surface area contributed by atoms with Crippen molar-refractivity contribution in [2.24, 2.45) is 0 Å². The molecule has 1 aromatic rings. The molecule has 2 N–H and O–H groups in total. The molecule has 0 saturated heterocycles. The van der Waals surface area contributed by atoms with Crippen LogP contribution >= 0.6 is 0 Å². The van der Waals surface area contributed by atoms with E-state index in [1.54, 1.807) is 13.1 Å². The number of nitrogens with one attached hydrogen (secondary N) is 2. The van der Waals surface area contributed by atoms with Crippen molar-refractivity contribution >= 4 is 12.0 Å². The van der Waals surface area contributed by atoms with Crippen molar-refractivity contribution in [2.75, 3.05) is 11.9 Å². The zero-order valence-corrected chi connectivity index (χ0v) is 7.76. The van der Waals surface area contributed by atoms with E-state index >= 15 is 0 Å². The number of hydrogen-bond acceptors (Lipinski definition) is 3. The van der Waals surface area contributed by atoms with Crippen LogP contribution in [0.5, 0.6) is 0 Å². The van der Waals surface area contributed by atoms with Gasteiger partial charge in [0.1, 0.15) is 5.76 Å². The molecule has 0 aliphatic heterocycles. The first-order chi connectivity index (χ1) is 6.22. The van der Waals surface area contributed by atoms with Gasteiger partial charge in [0, 0.05) is 6.54 Å². The minimum Gasteiger partial charge on any atom is -0.429 e. The van der Waals surface area contributed by atoms with Crippen molar-refractivity contribution in [3.8, 4) is 0 Å². The molecule has 0 atom stereocenters. The van der Waals surface area contributed by atoms with E-state index in [9.17, 15) is 4.79 Å². The lowest BCUT2D eigenvalue weighted by molar-refractivity contribution is 0.251. The van der Waals surface area contributed by atoms with Gasteiger partial charge in [-0.3, -0.25) is 5.32 Å².